The molecule has 0 fully saturated rings. The van der Waals surface area contributed by atoms with Gasteiger partial charge in [0.15, 0.2) is 6.29 Å². The first kappa shape index (κ1) is 9.70. The molecule has 0 aliphatic heterocycles. The number of rotatable bonds is 1. The van der Waals surface area contributed by atoms with Crippen LogP contribution in [0.15, 0.2) is 42.5 Å². The molecule has 0 aliphatic rings. The highest BCUT2D eigenvalue weighted by Gasteiger charge is 1.99. The smallest absolute Gasteiger partial charge is 0.193 e. The van der Waals surface area contributed by atoms with Crippen molar-refractivity contribution >= 4 is 17.6 Å². The van der Waals surface area contributed by atoms with E-state index in [9.17, 15) is 4.79 Å². The molecule has 0 spiro atoms. The van der Waals surface area contributed by atoms with E-state index >= 15 is 0 Å². The molecule has 0 aliphatic carbocycles. The van der Waals surface area contributed by atoms with Crippen LogP contribution in [0.25, 0.3) is 10.4 Å². The van der Waals surface area contributed by atoms with Gasteiger partial charge in [-0.2, -0.15) is 0 Å². The summed E-state index contributed by atoms with van der Waals surface area (Å²) in [4.78, 5) is 12.2. The van der Waals surface area contributed by atoms with Gasteiger partial charge in [-0.1, -0.05) is 30.3 Å². The van der Waals surface area contributed by atoms with Crippen LogP contribution in [0.5, 0.6) is 0 Å². The van der Waals surface area contributed by atoms with Gasteiger partial charge in [-0.05, 0) is 29.5 Å². The fraction of sp³-hybridized carbons (Fsp3) is 0. The van der Waals surface area contributed by atoms with Crippen LogP contribution in [0.4, 0.5) is 0 Å². The Morgan fingerprint density at radius 2 is 1.87 bits per heavy atom. The summed E-state index contributed by atoms with van der Waals surface area (Å²) in [5.41, 5.74) is 1.18. The van der Waals surface area contributed by atoms with Gasteiger partial charge in [0, 0.05) is 4.88 Å². The van der Waals surface area contributed by atoms with Crippen molar-refractivity contribution in [3.8, 4) is 22.3 Å². The van der Waals surface area contributed by atoms with Crippen LogP contribution in [0.1, 0.15) is 4.88 Å². The first-order valence-electron chi connectivity index (χ1n) is 4.50. The second-order valence-electron chi connectivity index (χ2n) is 2.92. The average Bonchev–Trinajstić information content (AvgIpc) is 2.76. The molecule has 0 bridgehead atoms. The highest BCUT2D eigenvalue weighted by Crippen LogP contribution is 2.27. The molecule has 0 saturated heterocycles. The Labute approximate surface area is 92.4 Å². The Hall–Kier alpha value is -1.85. The van der Waals surface area contributed by atoms with Crippen molar-refractivity contribution < 1.29 is 4.79 Å². The van der Waals surface area contributed by atoms with Crippen LogP contribution in [0, 0.1) is 11.8 Å². The molecular formula is C13H8OS. The van der Waals surface area contributed by atoms with Gasteiger partial charge >= 0.3 is 0 Å². The summed E-state index contributed by atoms with van der Waals surface area (Å²) >= 11 is 1.59. The summed E-state index contributed by atoms with van der Waals surface area (Å²) in [6.45, 7) is 0. The van der Waals surface area contributed by atoms with Gasteiger partial charge in [0.1, 0.15) is 0 Å². The summed E-state index contributed by atoms with van der Waals surface area (Å²) in [5.74, 6) is 5.19. The number of carbonyl (C=O) groups excluding carboxylic acids is 1. The van der Waals surface area contributed by atoms with Gasteiger partial charge in [-0.15, -0.1) is 11.3 Å². The van der Waals surface area contributed by atoms with Gasteiger partial charge in [-0.3, -0.25) is 4.79 Å². The third kappa shape index (κ3) is 2.34. The average molecular weight is 212 g/mol. The lowest BCUT2D eigenvalue weighted by molar-refractivity contribution is -0.103. The Morgan fingerprint density at radius 1 is 1.07 bits per heavy atom. The Bertz CT molecular complexity index is 514. The fourth-order valence-electron chi connectivity index (χ4n) is 1.26. The van der Waals surface area contributed by atoms with E-state index in [1.54, 1.807) is 11.3 Å². The third-order valence-electron chi connectivity index (χ3n) is 1.92. The highest BCUT2D eigenvalue weighted by atomic mass is 32.1. The standard InChI is InChI=1S/C13H8OS/c14-10-4-7-12-8-9-13(15-12)11-5-2-1-3-6-11/h1-3,5-6,8-10H. The predicted molar refractivity (Wildman–Crippen MR) is 62.7 cm³/mol. The van der Waals surface area contributed by atoms with Crippen molar-refractivity contribution in [3.05, 3.63) is 47.3 Å². The van der Waals surface area contributed by atoms with E-state index in [2.05, 4.69) is 24.0 Å². The first-order chi connectivity index (χ1) is 7.40. The van der Waals surface area contributed by atoms with Crippen LogP contribution in [-0.2, 0) is 4.79 Å². The van der Waals surface area contributed by atoms with Crippen molar-refractivity contribution in [3.63, 3.8) is 0 Å². The van der Waals surface area contributed by atoms with Crippen molar-refractivity contribution in [2.45, 2.75) is 0 Å². The summed E-state index contributed by atoms with van der Waals surface area (Å²) in [6, 6.07) is 14.1. The summed E-state index contributed by atoms with van der Waals surface area (Å²) < 4.78 is 0. The molecule has 0 unspecified atom stereocenters. The van der Waals surface area contributed by atoms with E-state index < -0.39 is 0 Å². The summed E-state index contributed by atoms with van der Waals surface area (Å²) in [7, 11) is 0. The molecular weight excluding hydrogens is 204 g/mol. The number of benzene rings is 1. The maximum atomic E-state index is 10.1. The van der Waals surface area contributed by atoms with Crippen molar-refractivity contribution in [2.24, 2.45) is 0 Å². The van der Waals surface area contributed by atoms with Crippen LogP contribution >= 0.6 is 11.3 Å². The molecule has 0 N–H and O–H groups in total. The predicted octanol–water partition coefficient (Wildman–Crippen LogP) is 2.97. The van der Waals surface area contributed by atoms with E-state index in [4.69, 9.17) is 0 Å². The lowest BCUT2D eigenvalue weighted by Gasteiger charge is -1.93. The Morgan fingerprint density at radius 3 is 2.60 bits per heavy atom. The van der Waals surface area contributed by atoms with E-state index in [0.29, 0.717) is 6.29 Å². The van der Waals surface area contributed by atoms with Gasteiger partial charge < -0.3 is 0 Å². The minimum absolute atomic E-state index is 0.613. The van der Waals surface area contributed by atoms with E-state index in [1.807, 2.05) is 30.3 Å². The van der Waals surface area contributed by atoms with E-state index in [-0.39, 0.29) is 0 Å². The molecule has 0 radical (unpaired) electrons. The largest absolute Gasteiger partial charge is 0.289 e. The fourth-order valence-corrected chi connectivity index (χ4v) is 2.14. The topological polar surface area (TPSA) is 17.1 Å². The van der Waals surface area contributed by atoms with Gasteiger partial charge in [0.25, 0.3) is 0 Å². The zero-order chi connectivity index (χ0) is 10.5. The maximum absolute atomic E-state index is 10.1. The lowest BCUT2D eigenvalue weighted by Crippen LogP contribution is -1.67. The molecule has 1 aromatic heterocycles. The van der Waals surface area contributed by atoms with Crippen LogP contribution in [0.3, 0.4) is 0 Å². The molecule has 15 heavy (non-hydrogen) atoms. The van der Waals surface area contributed by atoms with Crippen molar-refractivity contribution in [1.29, 1.82) is 0 Å². The van der Waals surface area contributed by atoms with Crippen LogP contribution < -0.4 is 0 Å². The minimum atomic E-state index is 0.613. The molecule has 2 aromatic rings. The highest BCUT2D eigenvalue weighted by molar-refractivity contribution is 7.16. The van der Waals surface area contributed by atoms with Gasteiger partial charge in [0.05, 0.1) is 4.88 Å². The first-order valence-corrected chi connectivity index (χ1v) is 5.32. The number of hydrogen-bond acceptors (Lipinski definition) is 2. The van der Waals surface area contributed by atoms with Gasteiger partial charge in [-0.25, -0.2) is 0 Å². The quantitative estimate of drug-likeness (QED) is 0.524. The molecule has 1 nitrogen and oxygen atoms in total. The molecule has 1 heterocycles. The van der Waals surface area contributed by atoms with Crippen LogP contribution in [0.2, 0.25) is 0 Å². The molecule has 0 amide bonds. The number of aldehydes is 1. The maximum Gasteiger partial charge on any atom is 0.193 e. The second kappa shape index (κ2) is 4.59. The van der Waals surface area contributed by atoms with Crippen LogP contribution in [-0.4, -0.2) is 6.29 Å². The van der Waals surface area contributed by atoms with Crippen molar-refractivity contribution in [1.82, 2.24) is 0 Å². The lowest BCUT2D eigenvalue weighted by atomic mass is 10.2. The van der Waals surface area contributed by atoms with E-state index in [0.717, 1.165) is 4.88 Å². The molecule has 0 atom stereocenters. The van der Waals surface area contributed by atoms with Gasteiger partial charge in [0.2, 0.25) is 0 Å². The molecule has 0 saturated carbocycles. The molecule has 1 aromatic carbocycles. The Kier molecular flexibility index (Phi) is 2.96. The zero-order valence-corrected chi connectivity index (χ0v) is 8.75. The molecule has 2 heteroatoms. The molecule has 72 valence electrons. The third-order valence-corrected chi connectivity index (χ3v) is 2.97. The second-order valence-corrected chi connectivity index (χ2v) is 4.00. The SMILES string of the molecule is O=CC#Cc1ccc(-c2ccccc2)s1. The summed E-state index contributed by atoms with van der Waals surface area (Å²) in [6.07, 6.45) is 0.613. The number of hydrogen-bond donors (Lipinski definition) is 0. The van der Waals surface area contributed by atoms with Crippen molar-refractivity contribution in [2.75, 3.05) is 0 Å². The summed E-state index contributed by atoms with van der Waals surface area (Å²) in [5, 5.41) is 0. The van der Waals surface area contributed by atoms with E-state index in [1.165, 1.54) is 10.4 Å². The monoisotopic (exact) mass is 212 g/mol. The zero-order valence-electron chi connectivity index (χ0n) is 7.94. The molecule has 2 rings (SSSR count). The number of thiophene rings is 1. The number of carbonyl (C=O) groups is 1. The Balaban J connectivity index is 2.32. The minimum Gasteiger partial charge on any atom is -0.289 e. The normalized spacial score (nSPS) is 9.07.